The van der Waals surface area contributed by atoms with Crippen molar-refractivity contribution in [3.8, 4) is 5.75 Å². The molecule has 1 heterocycles. The number of nitrogens with zero attached hydrogens (tertiary/aromatic N) is 1. The number of cyclic esters (lactones) is 1. The largest absolute Gasteiger partial charge is 0.497 e. The third-order valence-corrected chi connectivity index (χ3v) is 2.96. The summed E-state index contributed by atoms with van der Waals surface area (Å²) in [5.41, 5.74) is -0.344. The molecule has 0 saturated carbocycles. The molecule has 1 N–H and O–H groups in total. The van der Waals surface area contributed by atoms with Crippen molar-refractivity contribution in [1.82, 2.24) is 0 Å². The number of carbonyl (C=O) groups excluding carboxylic acids is 1. The Labute approximate surface area is 110 Å². The summed E-state index contributed by atoms with van der Waals surface area (Å²) in [6, 6.07) is 6.92. The summed E-state index contributed by atoms with van der Waals surface area (Å²) >= 11 is 0. The third-order valence-electron chi connectivity index (χ3n) is 2.96. The normalized spacial score (nSPS) is 22.2. The number of benzene rings is 1. The second-order valence-corrected chi connectivity index (χ2v) is 4.67. The van der Waals surface area contributed by atoms with Gasteiger partial charge in [0.05, 0.1) is 20.1 Å². The maximum atomic E-state index is 11.8. The molecule has 1 fully saturated rings. The molecule has 0 bridgehead atoms. The highest BCUT2D eigenvalue weighted by Crippen LogP contribution is 2.31. The van der Waals surface area contributed by atoms with Gasteiger partial charge in [0, 0.05) is 5.69 Å². The predicted molar refractivity (Wildman–Crippen MR) is 67.5 cm³/mol. The highest BCUT2D eigenvalue weighted by atomic mass is 16.6. The van der Waals surface area contributed by atoms with E-state index in [1.54, 1.807) is 38.3 Å². The van der Waals surface area contributed by atoms with Crippen LogP contribution in [0.5, 0.6) is 5.75 Å². The van der Waals surface area contributed by atoms with Crippen LogP contribution in [0.3, 0.4) is 0 Å². The van der Waals surface area contributed by atoms with Gasteiger partial charge < -0.3 is 14.6 Å². The topological polar surface area (TPSA) is 76.1 Å². The van der Waals surface area contributed by atoms with Crippen LogP contribution in [0.2, 0.25) is 0 Å². The summed E-state index contributed by atoms with van der Waals surface area (Å²) in [6.07, 6.45) is -0.750. The fourth-order valence-electron chi connectivity index (χ4n) is 2.07. The molecule has 2 rings (SSSR count). The van der Waals surface area contributed by atoms with E-state index >= 15 is 0 Å². The van der Waals surface area contributed by atoms with E-state index in [0.29, 0.717) is 11.4 Å². The summed E-state index contributed by atoms with van der Waals surface area (Å²) in [5.74, 6) is -0.309. The van der Waals surface area contributed by atoms with Gasteiger partial charge in [0.15, 0.2) is 0 Å². The van der Waals surface area contributed by atoms with Gasteiger partial charge in [-0.15, -0.1) is 0 Å². The lowest BCUT2D eigenvalue weighted by atomic mass is 10.0. The number of methoxy groups -OCH3 is 1. The number of carboxylic acid groups (broad SMARTS) is 1. The molecule has 1 aliphatic rings. The number of ether oxygens (including phenoxy) is 2. The monoisotopic (exact) mass is 265 g/mol. The molecule has 1 amide bonds. The summed E-state index contributed by atoms with van der Waals surface area (Å²) in [7, 11) is 1.56. The second kappa shape index (κ2) is 4.79. The first-order valence-corrected chi connectivity index (χ1v) is 5.80. The zero-order chi connectivity index (χ0) is 14.0. The van der Waals surface area contributed by atoms with Crippen molar-refractivity contribution < 1.29 is 24.2 Å². The van der Waals surface area contributed by atoms with Crippen molar-refractivity contribution in [2.24, 2.45) is 0 Å². The first-order valence-electron chi connectivity index (χ1n) is 5.80. The van der Waals surface area contributed by atoms with Crippen LogP contribution in [-0.4, -0.2) is 36.4 Å². The molecule has 0 spiro atoms. The number of hydrogen-bond acceptors (Lipinski definition) is 4. The Hall–Kier alpha value is -2.24. The number of rotatable bonds is 4. The molecule has 1 aliphatic heterocycles. The van der Waals surface area contributed by atoms with Gasteiger partial charge in [-0.1, -0.05) is 0 Å². The van der Waals surface area contributed by atoms with Gasteiger partial charge in [-0.25, -0.2) is 4.79 Å². The number of amides is 1. The maximum absolute atomic E-state index is 11.8. The maximum Gasteiger partial charge on any atom is 0.415 e. The van der Waals surface area contributed by atoms with Crippen molar-refractivity contribution in [3.63, 3.8) is 0 Å². The molecule has 1 saturated heterocycles. The van der Waals surface area contributed by atoms with Gasteiger partial charge in [0.2, 0.25) is 0 Å². The smallest absolute Gasteiger partial charge is 0.415 e. The standard InChI is InChI=1S/C13H15NO5/c1-13(7-11(15)16)8-14(12(17)19-13)9-3-5-10(18-2)6-4-9/h3-6H,7-8H2,1-2H3,(H,15,16). The molecule has 1 unspecified atom stereocenters. The third kappa shape index (κ3) is 2.78. The van der Waals surface area contributed by atoms with Crippen LogP contribution in [0, 0.1) is 0 Å². The van der Waals surface area contributed by atoms with E-state index in [1.807, 2.05) is 0 Å². The van der Waals surface area contributed by atoms with Gasteiger partial charge in [0.1, 0.15) is 11.4 Å². The molecule has 0 radical (unpaired) electrons. The first-order chi connectivity index (χ1) is 8.93. The van der Waals surface area contributed by atoms with Crippen molar-refractivity contribution in [1.29, 1.82) is 0 Å². The van der Waals surface area contributed by atoms with Crippen LogP contribution in [0.25, 0.3) is 0 Å². The lowest BCUT2D eigenvalue weighted by Crippen LogP contribution is -2.33. The SMILES string of the molecule is COc1ccc(N2CC(C)(CC(=O)O)OC2=O)cc1. The van der Waals surface area contributed by atoms with Crippen LogP contribution >= 0.6 is 0 Å². The van der Waals surface area contributed by atoms with Gasteiger partial charge in [-0.05, 0) is 31.2 Å². The Morgan fingerprint density at radius 3 is 2.63 bits per heavy atom. The number of anilines is 1. The molecule has 6 nitrogen and oxygen atoms in total. The highest BCUT2D eigenvalue weighted by Gasteiger charge is 2.43. The lowest BCUT2D eigenvalue weighted by molar-refractivity contribution is -0.140. The van der Waals surface area contributed by atoms with Crippen LogP contribution in [-0.2, 0) is 9.53 Å². The van der Waals surface area contributed by atoms with Crippen LogP contribution in [0.1, 0.15) is 13.3 Å². The van der Waals surface area contributed by atoms with E-state index in [-0.39, 0.29) is 13.0 Å². The lowest BCUT2D eigenvalue weighted by Gasteiger charge is -2.19. The Balaban J connectivity index is 2.17. The Kier molecular flexibility index (Phi) is 3.33. The minimum Gasteiger partial charge on any atom is -0.497 e. The quantitative estimate of drug-likeness (QED) is 0.899. The number of aliphatic carboxylic acids is 1. The summed E-state index contributed by atoms with van der Waals surface area (Å²) < 4.78 is 10.2. The van der Waals surface area contributed by atoms with Crippen LogP contribution < -0.4 is 9.64 Å². The zero-order valence-electron chi connectivity index (χ0n) is 10.8. The van der Waals surface area contributed by atoms with E-state index in [9.17, 15) is 9.59 Å². The van der Waals surface area contributed by atoms with Crippen molar-refractivity contribution in [3.05, 3.63) is 24.3 Å². The number of carbonyl (C=O) groups is 2. The Bertz CT molecular complexity index is 498. The van der Waals surface area contributed by atoms with E-state index in [0.717, 1.165) is 0 Å². The van der Waals surface area contributed by atoms with E-state index in [4.69, 9.17) is 14.6 Å². The van der Waals surface area contributed by atoms with Gasteiger partial charge >= 0.3 is 12.1 Å². The van der Waals surface area contributed by atoms with Gasteiger partial charge in [0.25, 0.3) is 0 Å². The molecule has 1 aromatic rings. The van der Waals surface area contributed by atoms with E-state index in [1.165, 1.54) is 4.90 Å². The van der Waals surface area contributed by atoms with Crippen LogP contribution in [0.4, 0.5) is 10.5 Å². The van der Waals surface area contributed by atoms with E-state index < -0.39 is 17.7 Å². The highest BCUT2D eigenvalue weighted by molar-refractivity contribution is 5.90. The summed E-state index contributed by atoms with van der Waals surface area (Å²) in [4.78, 5) is 24.0. The first kappa shape index (κ1) is 13.2. The molecule has 0 aliphatic carbocycles. The predicted octanol–water partition coefficient (Wildman–Crippen LogP) is 1.89. The van der Waals surface area contributed by atoms with Crippen molar-refractivity contribution in [2.45, 2.75) is 18.9 Å². The van der Waals surface area contributed by atoms with Gasteiger partial charge in [-0.2, -0.15) is 0 Å². The minimum absolute atomic E-state index is 0.213. The Morgan fingerprint density at radius 2 is 2.11 bits per heavy atom. The molecule has 19 heavy (non-hydrogen) atoms. The van der Waals surface area contributed by atoms with Gasteiger partial charge in [-0.3, -0.25) is 9.69 Å². The summed E-state index contributed by atoms with van der Waals surface area (Å²) in [6.45, 7) is 1.83. The van der Waals surface area contributed by atoms with E-state index in [2.05, 4.69) is 0 Å². The second-order valence-electron chi connectivity index (χ2n) is 4.67. The average Bonchev–Trinajstić information content (AvgIpc) is 2.63. The molecule has 102 valence electrons. The molecule has 6 heteroatoms. The zero-order valence-corrected chi connectivity index (χ0v) is 10.8. The molecule has 0 aromatic heterocycles. The van der Waals surface area contributed by atoms with Crippen LogP contribution in [0.15, 0.2) is 24.3 Å². The Morgan fingerprint density at radius 1 is 1.47 bits per heavy atom. The summed E-state index contributed by atoms with van der Waals surface area (Å²) in [5, 5.41) is 8.82. The minimum atomic E-state index is -0.997. The number of hydrogen-bond donors (Lipinski definition) is 1. The fraction of sp³-hybridized carbons (Fsp3) is 0.385. The molecule has 1 atom stereocenters. The fourth-order valence-corrected chi connectivity index (χ4v) is 2.07. The number of carboxylic acids is 1. The molecule has 1 aromatic carbocycles. The molecular weight excluding hydrogens is 250 g/mol. The molecular formula is C13H15NO5. The average molecular weight is 265 g/mol. The van der Waals surface area contributed by atoms with Crippen molar-refractivity contribution >= 4 is 17.7 Å². The van der Waals surface area contributed by atoms with Crippen molar-refractivity contribution in [2.75, 3.05) is 18.6 Å².